The number of anilines is 1. The summed E-state index contributed by atoms with van der Waals surface area (Å²) in [6.07, 6.45) is 3.08. The van der Waals surface area contributed by atoms with Gasteiger partial charge in [-0.1, -0.05) is 0 Å². The normalized spacial score (nSPS) is 36.9. The molecule has 2 heterocycles. The van der Waals surface area contributed by atoms with Gasteiger partial charge in [0, 0.05) is 26.2 Å². The minimum absolute atomic E-state index is 0.507. The molecule has 3 fully saturated rings. The molecule has 1 aromatic rings. The topological polar surface area (TPSA) is 78.0 Å². The number of hydrogen-bond donors (Lipinski definition) is 1. The Morgan fingerprint density at radius 1 is 1.32 bits per heavy atom. The van der Waals surface area contributed by atoms with Crippen molar-refractivity contribution < 1.29 is 4.52 Å². The van der Waals surface area contributed by atoms with E-state index in [1.807, 2.05) is 0 Å². The van der Waals surface area contributed by atoms with E-state index in [1.165, 1.54) is 6.42 Å². The van der Waals surface area contributed by atoms with E-state index >= 15 is 0 Å². The Morgan fingerprint density at radius 3 is 2.74 bits per heavy atom. The number of nitrogens with one attached hydrogen (secondary N) is 1. The fourth-order valence-electron chi connectivity index (χ4n) is 3.51. The lowest BCUT2D eigenvalue weighted by molar-refractivity contribution is 0.308. The van der Waals surface area contributed by atoms with E-state index in [1.54, 1.807) is 0 Å². The summed E-state index contributed by atoms with van der Waals surface area (Å²) in [4.78, 5) is 6.63. The van der Waals surface area contributed by atoms with Crippen LogP contribution in [0.25, 0.3) is 0 Å². The zero-order valence-corrected chi connectivity index (χ0v) is 10.8. The van der Waals surface area contributed by atoms with Crippen molar-refractivity contribution in [1.82, 2.24) is 15.5 Å². The molecule has 1 aromatic heterocycles. The van der Waals surface area contributed by atoms with Crippen molar-refractivity contribution in [3.05, 3.63) is 5.89 Å². The van der Waals surface area contributed by atoms with Gasteiger partial charge >= 0.3 is 0 Å². The van der Waals surface area contributed by atoms with E-state index in [0.29, 0.717) is 23.7 Å². The number of piperazine rings is 1. The van der Waals surface area contributed by atoms with E-state index < -0.39 is 5.41 Å². The van der Waals surface area contributed by atoms with Gasteiger partial charge in [0.1, 0.15) is 5.41 Å². The fraction of sp³-hybridized carbons (Fsp3) is 0.769. The lowest BCUT2D eigenvalue weighted by Gasteiger charge is -2.25. The molecule has 1 aliphatic heterocycles. The smallest absolute Gasteiger partial charge is 0.266 e. The Hall–Kier alpha value is -1.61. The summed E-state index contributed by atoms with van der Waals surface area (Å²) < 4.78 is 5.42. The van der Waals surface area contributed by atoms with Gasteiger partial charge in [-0.05, 0) is 36.3 Å². The van der Waals surface area contributed by atoms with Crippen LogP contribution in [0.5, 0.6) is 0 Å². The standard InChI is InChI=1S/C13H17N5O/c14-8-13(6-9-5-10(9)7-13)11-16-12(17-19-11)18-3-1-15-2-4-18/h9-10,15H,1-7H2. The van der Waals surface area contributed by atoms with Crippen molar-refractivity contribution in [2.45, 2.75) is 24.7 Å². The Morgan fingerprint density at radius 2 is 2.05 bits per heavy atom. The first-order valence-corrected chi connectivity index (χ1v) is 7.02. The Kier molecular flexibility index (Phi) is 2.33. The molecule has 3 aliphatic rings. The van der Waals surface area contributed by atoms with Gasteiger partial charge in [-0.2, -0.15) is 10.2 Å². The second kappa shape index (κ2) is 3.94. The number of nitriles is 1. The third kappa shape index (κ3) is 1.72. The van der Waals surface area contributed by atoms with Gasteiger partial charge in [0.25, 0.3) is 5.95 Å². The van der Waals surface area contributed by atoms with Crippen LogP contribution < -0.4 is 10.2 Å². The van der Waals surface area contributed by atoms with Gasteiger partial charge in [0.2, 0.25) is 5.89 Å². The maximum Gasteiger partial charge on any atom is 0.266 e. The van der Waals surface area contributed by atoms with Crippen LogP contribution in [0.15, 0.2) is 4.52 Å². The molecule has 1 N–H and O–H groups in total. The highest BCUT2D eigenvalue weighted by Gasteiger charge is 2.57. The molecule has 2 aliphatic carbocycles. The first-order valence-electron chi connectivity index (χ1n) is 7.02. The molecular weight excluding hydrogens is 242 g/mol. The van der Waals surface area contributed by atoms with Gasteiger partial charge < -0.3 is 14.7 Å². The molecule has 0 aromatic carbocycles. The molecule has 100 valence electrons. The number of rotatable bonds is 2. The first kappa shape index (κ1) is 11.2. The van der Waals surface area contributed by atoms with Crippen molar-refractivity contribution >= 4 is 5.95 Å². The summed E-state index contributed by atoms with van der Waals surface area (Å²) in [7, 11) is 0. The number of hydrogen-bond acceptors (Lipinski definition) is 6. The maximum absolute atomic E-state index is 9.53. The molecule has 19 heavy (non-hydrogen) atoms. The number of fused-ring (bicyclic) bond motifs is 1. The van der Waals surface area contributed by atoms with Crippen molar-refractivity contribution in [3.8, 4) is 6.07 Å². The van der Waals surface area contributed by atoms with Crippen molar-refractivity contribution in [2.24, 2.45) is 11.8 Å². The average Bonchev–Trinajstić information content (AvgIpc) is 2.92. The SMILES string of the molecule is N#CC1(c2nc(N3CCNCC3)no2)CC2CC2C1. The summed E-state index contributed by atoms with van der Waals surface area (Å²) in [6.45, 7) is 3.67. The lowest BCUT2D eigenvalue weighted by Crippen LogP contribution is -2.44. The molecule has 0 amide bonds. The quantitative estimate of drug-likeness (QED) is 0.841. The molecule has 6 nitrogen and oxygen atoms in total. The van der Waals surface area contributed by atoms with Crippen LogP contribution in [0.3, 0.4) is 0 Å². The lowest BCUT2D eigenvalue weighted by atomic mass is 9.84. The summed E-state index contributed by atoms with van der Waals surface area (Å²) in [6, 6.07) is 2.44. The van der Waals surface area contributed by atoms with E-state index in [-0.39, 0.29) is 0 Å². The van der Waals surface area contributed by atoms with Crippen LogP contribution in [0.4, 0.5) is 5.95 Å². The molecule has 2 saturated carbocycles. The number of aromatic nitrogens is 2. The molecule has 2 unspecified atom stereocenters. The Bertz CT molecular complexity index is 517. The summed E-state index contributed by atoms with van der Waals surface area (Å²) in [5, 5.41) is 16.9. The summed E-state index contributed by atoms with van der Waals surface area (Å²) in [5.74, 6) is 2.62. The summed E-state index contributed by atoms with van der Waals surface area (Å²) >= 11 is 0. The van der Waals surface area contributed by atoms with Gasteiger partial charge in [0.15, 0.2) is 0 Å². The molecule has 6 heteroatoms. The van der Waals surface area contributed by atoms with Crippen LogP contribution in [-0.2, 0) is 5.41 Å². The van der Waals surface area contributed by atoms with Crippen LogP contribution in [0.2, 0.25) is 0 Å². The van der Waals surface area contributed by atoms with Gasteiger partial charge in [0.05, 0.1) is 6.07 Å². The molecule has 2 atom stereocenters. The first-order chi connectivity index (χ1) is 9.31. The van der Waals surface area contributed by atoms with E-state index in [2.05, 4.69) is 26.4 Å². The largest absolute Gasteiger partial charge is 0.336 e. The van der Waals surface area contributed by atoms with Crippen molar-refractivity contribution in [2.75, 3.05) is 31.1 Å². The Balaban J connectivity index is 1.58. The second-order valence-electron chi connectivity index (χ2n) is 5.99. The highest BCUT2D eigenvalue weighted by Crippen LogP contribution is 2.60. The van der Waals surface area contributed by atoms with Crippen molar-refractivity contribution in [3.63, 3.8) is 0 Å². The zero-order valence-electron chi connectivity index (χ0n) is 10.8. The van der Waals surface area contributed by atoms with E-state index in [0.717, 1.165) is 39.0 Å². The maximum atomic E-state index is 9.53. The molecule has 0 radical (unpaired) electrons. The third-order valence-corrected chi connectivity index (χ3v) is 4.73. The monoisotopic (exact) mass is 259 g/mol. The zero-order chi connectivity index (χ0) is 12.9. The predicted octanol–water partition coefficient (Wildman–Crippen LogP) is 0.670. The van der Waals surface area contributed by atoms with Gasteiger partial charge in [-0.15, -0.1) is 0 Å². The van der Waals surface area contributed by atoms with E-state index in [9.17, 15) is 5.26 Å². The number of nitrogens with zero attached hydrogens (tertiary/aromatic N) is 4. The fourth-order valence-corrected chi connectivity index (χ4v) is 3.51. The van der Waals surface area contributed by atoms with Crippen LogP contribution in [0, 0.1) is 23.2 Å². The Labute approximate surface area is 111 Å². The second-order valence-corrected chi connectivity index (χ2v) is 5.99. The van der Waals surface area contributed by atoms with E-state index in [4.69, 9.17) is 4.52 Å². The average molecular weight is 259 g/mol. The minimum Gasteiger partial charge on any atom is -0.336 e. The highest BCUT2D eigenvalue weighted by atomic mass is 16.5. The predicted molar refractivity (Wildman–Crippen MR) is 67.5 cm³/mol. The molecule has 0 spiro atoms. The highest BCUT2D eigenvalue weighted by molar-refractivity contribution is 5.33. The van der Waals surface area contributed by atoms with Gasteiger partial charge in [-0.3, -0.25) is 0 Å². The molecular formula is C13H17N5O. The van der Waals surface area contributed by atoms with Crippen LogP contribution >= 0.6 is 0 Å². The van der Waals surface area contributed by atoms with Crippen LogP contribution in [0.1, 0.15) is 25.2 Å². The molecule has 0 bridgehead atoms. The minimum atomic E-state index is -0.507. The molecule has 1 saturated heterocycles. The molecule has 4 rings (SSSR count). The van der Waals surface area contributed by atoms with Crippen LogP contribution in [-0.4, -0.2) is 36.3 Å². The van der Waals surface area contributed by atoms with Crippen molar-refractivity contribution in [1.29, 1.82) is 5.26 Å². The summed E-state index contributed by atoms with van der Waals surface area (Å²) in [5.41, 5.74) is -0.507. The van der Waals surface area contributed by atoms with Gasteiger partial charge in [-0.25, -0.2) is 0 Å². The third-order valence-electron chi connectivity index (χ3n) is 4.73.